The number of rotatable bonds is 7. The molecule has 0 aliphatic carbocycles. The Hall–Kier alpha value is -2.65. The summed E-state index contributed by atoms with van der Waals surface area (Å²) in [5.41, 5.74) is 1.94. The summed E-state index contributed by atoms with van der Waals surface area (Å²) in [4.78, 5) is 37.9. The molecule has 2 aromatic heterocycles. The van der Waals surface area contributed by atoms with Crippen molar-refractivity contribution in [2.75, 3.05) is 31.7 Å². The molecule has 0 bridgehead atoms. The highest BCUT2D eigenvalue weighted by Crippen LogP contribution is 2.23. The first-order chi connectivity index (χ1) is 14.5. The van der Waals surface area contributed by atoms with Crippen LogP contribution >= 0.6 is 11.6 Å². The van der Waals surface area contributed by atoms with Gasteiger partial charge in [-0.1, -0.05) is 18.5 Å². The van der Waals surface area contributed by atoms with E-state index in [1.54, 1.807) is 26.3 Å². The number of pyridine rings is 1. The Balaban J connectivity index is 1.67. The second kappa shape index (κ2) is 9.90. The van der Waals surface area contributed by atoms with Gasteiger partial charge < -0.3 is 24.7 Å². The number of aryl methyl sites for hydroxylation is 1. The fraction of sp³-hybridized carbons (Fsp3) is 0.500. The molecule has 3 heterocycles. The van der Waals surface area contributed by atoms with Crippen LogP contribution in [0.15, 0.2) is 18.5 Å². The highest BCUT2D eigenvalue weighted by Gasteiger charge is 2.32. The number of carbonyl (C=O) groups excluding carboxylic acids is 2. The first-order valence-electron chi connectivity index (χ1n) is 9.91. The van der Waals surface area contributed by atoms with E-state index in [-0.39, 0.29) is 23.9 Å². The molecule has 2 aromatic rings. The second-order valence-corrected chi connectivity index (χ2v) is 7.31. The fourth-order valence-electron chi connectivity index (χ4n) is 3.45. The molecule has 0 radical (unpaired) electrons. The molecule has 0 aromatic carbocycles. The number of aromatic nitrogens is 3. The molecule has 2 atom stereocenters. The Morgan fingerprint density at radius 1 is 1.37 bits per heavy atom. The van der Waals surface area contributed by atoms with Crippen molar-refractivity contribution >= 4 is 29.2 Å². The SMILES string of the molecule is CCOC(=O)c1cncc(N2CC[C@H](NC(=O)c3nc(Cl)c(CC)[nH]3)[C@H](OC)C2)c1. The Kier molecular flexibility index (Phi) is 7.28. The number of H-pyrrole nitrogens is 1. The summed E-state index contributed by atoms with van der Waals surface area (Å²) >= 11 is 6.04. The molecule has 0 spiro atoms. The predicted octanol–water partition coefficient (Wildman–Crippen LogP) is 2.22. The number of hydrogen-bond donors (Lipinski definition) is 2. The molecule has 2 N–H and O–H groups in total. The molecule has 3 rings (SSSR count). The maximum atomic E-state index is 12.6. The van der Waals surface area contributed by atoms with E-state index < -0.39 is 5.97 Å². The summed E-state index contributed by atoms with van der Waals surface area (Å²) in [6.45, 7) is 5.20. The number of ether oxygens (including phenoxy) is 2. The number of anilines is 1. The van der Waals surface area contributed by atoms with E-state index in [0.29, 0.717) is 43.3 Å². The monoisotopic (exact) mass is 435 g/mol. The van der Waals surface area contributed by atoms with Crippen molar-refractivity contribution < 1.29 is 19.1 Å². The molecule has 0 saturated carbocycles. The van der Waals surface area contributed by atoms with Crippen LogP contribution in [0.25, 0.3) is 0 Å². The average molecular weight is 436 g/mol. The van der Waals surface area contributed by atoms with Crippen LogP contribution in [0.3, 0.4) is 0 Å². The van der Waals surface area contributed by atoms with Gasteiger partial charge in [-0.2, -0.15) is 0 Å². The highest BCUT2D eigenvalue weighted by molar-refractivity contribution is 6.30. The van der Waals surface area contributed by atoms with Gasteiger partial charge in [0.05, 0.1) is 41.9 Å². The second-order valence-electron chi connectivity index (χ2n) is 6.95. The summed E-state index contributed by atoms with van der Waals surface area (Å²) < 4.78 is 10.7. The number of imidazole rings is 1. The lowest BCUT2D eigenvalue weighted by Gasteiger charge is -2.39. The van der Waals surface area contributed by atoms with Crippen molar-refractivity contribution in [3.8, 4) is 0 Å². The van der Waals surface area contributed by atoms with Gasteiger partial charge in [-0.15, -0.1) is 0 Å². The van der Waals surface area contributed by atoms with Gasteiger partial charge in [0, 0.05) is 26.4 Å². The Bertz CT molecular complexity index is 903. The van der Waals surface area contributed by atoms with Crippen LogP contribution in [0.4, 0.5) is 5.69 Å². The van der Waals surface area contributed by atoms with Gasteiger partial charge in [0.15, 0.2) is 11.0 Å². The zero-order valence-electron chi connectivity index (χ0n) is 17.3. The quantitative estimate of drug-likeness (QED) is 0.641. The smallest absolute Gasteiger partial charge is 0.339 e. The van der Waals surface area contributed by atoms with E-state index in [4.69, 9.17) is 21.1 Å². The minimum absolute atomic E-state index is 0.186. The number of esters is 1. The van der Waals surface area contributed by atoms with Crippen LogP contribution in [0.2, 0.25) is 5.15 Å². The number of nitrogens with zero attached hydrogens (tertiary/aromatic N) is 3. The Morgan fingerprint density at radius 2 is 2.17 bits per heavy atom. The van der Waals surface area contributed by atoms with Crippen molar-refractivity contribution in [2.45, 2.75) is 38.8 Å². The third kappa shape index (κ3) is 4.91. The molecular formula is C20H26ClN5O4. The predicted molar refractivity (Wildman–Crippen MR) is 112 cm³/mol. The number of piperidine rings is 1. The number of hydrogen-bond acceptors (Lipinski definition) is 7. The van der Waals surface area contributed by atoms with Crippen molar-refractivity contribution in [3.63, 3.8) is 0 Å². The lowest BCUT2D eigenvalue weighted by Crippen LogP contribution is -2.55. The molecule has 30 heavy (non-hydrogen) atoms. The maximum Gasteiger partial charge on any atom is 0.339 e. The van der Waals surface area contributed by atoms with Crippen LogP contribution in [-0.4, -0.2) is 65.8 Å². The van der Waals surface area contributed by atoms with E-state index >= 15 is 0 Å². The van der Waals surface area contributed by atoms with Gasteiger partial charge >= 0.3 is 5.97 Å². The number of carbonyl (C=O) groups is 2. The van der Waals surface area contributed by atoms with Crippen molar-refractivity contribution in [2.24, 2.45) is 0 Å². The van der Waals surface area contributed by atoms with E-state index in [2.05, 4.69) is 25.2 Å². The summed E-state index contributed by atoms with van der Waals surface area (Å²) in [6.07, 6.45) is 4.26. The van der Waals surface area contributed by atoms with Gasteiger partial charge in [0.2, 0.25) is 0 Å². The molecule has 10 heteroatoms. The van der Waals surface area contributed by atoms with Gasteiger partial charge in [0.25, 0.3) is 5.91 Å². The fourth-order valence-corrected chi connectivity index (χ4v) is 3.71. The number of amides is 1. The van der Waals surface area contributed by atoms with Gasteiger partial charge in [-0.05, 0) is 25.8 Å². The molecule has 162 valence electrons. The van der Waals surface area contributed by atoms with E-state index in [1.807, 2.05) is 6.92 Å². The third-order valence-electron chi connectivity index (χ3n) is 5.08. The lowest BCUT2D eigenvalue weighted by atomic mass is 10.0. The Morgan fingerprint density at radius 3 is 2.83 bits per heavy atom. The van der Waals surface area contributed by atoms with Crippen molar-refractivity contribution in [3.05, 3.63) is 40.7 Å². The zero-order valence-corrected chi connectivity index (χ0v) is 18.0. The third-order valence-corrected chi connectivity index (χ3v) is 5.39. The average Bonchev–Trinajstić information content (AvgIpc) is 3.15. The summed E-state index contributed by atoms with van der Waals surface area (Å²) in [5.74, 6) is -0.524. The number of halogens is 1. The minimum Gasteiger partial charge on any atom is -0.462 e. The summed E-state index contributed by atoms with van der Waals surface area (Å²) in [6, 6.07) is 1.57. The number of aromatic amines is 1. The van der Waals surface area contributed by atoms with E-state index in [1.165, 1.54) is 6.20 Å². The van der Waals surface area contributed by atoms with Crippen LogP contribution in [0.1, 0.15) is 46.9 Å². The minimum atomic E-state index is -0.402. The van der Waals surface area contributed by atoms with E-state index in [0.717, 1.165) is 11.4 Å². The largest absolute Gasteiger partial charge is 0.462 e. The maximum absolute atomic E-state index is 12.6. The van der Waals surface area contributed by atoms with E-state index in [9.17, 15) is 9.59 Å². The highest BCUT2D eigenvalue weighted by atomic mass is 35.5. The molecule has 1 saturated heterocycles. The normalized spacial score (nSPS) is 18.9. The molecule has 9 nitrogen and oxygen atoms in total. The first kappa shape index (κ1) is 22.0. The first-order valence-corrected chi connectivity index (χ1v) is 10.3. The lowest BCUT2D eigenvalue weighted by molar-refractivity contribution is 0.0522. The van der Waals surface area contributed by atoms with Gasteiger partial charge in [0.1, 0.15) is 0 Å². The van der Waals surface area contributed by atoms with Crippen molar-refractivity contribution in [1.29, 1.82) is 0 Å². The summed E-state index contributed by atoms with van der Waals surface area (Å²) in [5, 5.41) is 3.30. The van der Waals surface area contributed by atoms with Crippen LogP contribution in [-0.2, 0) is 15.9 Å². The standard InChI is InChI=1S/C20H26ClN5O4/c1-4-14-17(21)25-18(23-14)19(27)24-15-6-7-26(11-16(15)29-3)13-8-12(9-22-10-13)20(28)30-5-2/h8-10,15-16H,4-7,11H2,1-3H3,(H,23,25)(H,24,27)/t15-,16+/m0/s1. The number of nitrogens with one attached hydrogen (secondary N) is 2. The Labute approximate surface area is 180 Å². The molecule has 1 aliphatic rings. The van der Waals surface area contributed by atoms with Crippen LogP contribution in [0.5, 0.6) is 0 Å². The molecular weight excluding hydrogens is 410 g/mol. The van der Waals surface area contributed by atoms with Crippen LogP contribution < -0.4 is 10.2 Å². The molecule has 1 aliphatic heterocycles. The molecule has 1 amide bonds. The molecule has 1 fully saturated rings. The van der Waals surface area contributed by atoms with Crippen molar-refractivity contribution in [1.82, 2.24) is 20.3 Å². The topological polar surface area (TPSA) is 109 Å². The molecule has 0 unspecified atom stereocenters. The summed E-state index contributed by atoms with van der Waals surface area (Å²) in [7, 11) is 1.61. The van der Waals surface area contributed by atoms with Gasteiger partial charge in [-0.3, -0.25) is 9.78 Å². The van der Waals surface area contributed by atoms with Crippen LogP contribution in [0, 0.1) is 0 Å². The zero-order chi connectivity index (χ0) is 21.7. The number of methoxy groups -OCH3 is 1. The van der Waals surface area contributed by atoms with Gasteiger partial charge in [-0.25, -0.2) is 9.78 Å².